The summed E-state index contributed by atoms with van der Waals surface area (Å²) in [5, 5.41) is 5.87. The normalized spacial score (nSPS) is 16.7. The van der Waals surface area contributed by atoms with E-state index in [9.17, 15) is 9.59 Å². The Labute approximate surface area is 162 Å². The smallest absolute Gasteiger partial charge is 0.279 e. The Hall–Kier alpha value is -2.12. The number of anilines is 2. The number of nitrogens with zero attached hydrogens (tertiary/aromatic N) is 1. The van der Waals surface area contributed by atoms with Crippen LogP contribution in [0.5, 0.6) is 0 Å². The second-order valence-electron chi connectivity index (χ2n) is 7.61. The number of carbonyl (C=O) groups is 2. The minimum Gasteiger partial charge on any atom is -0.378 e. The van der Waals surface area contributed by atoms with Crippen molar-refractivity contribution in [1.82, 2.24) is 5.32 Å². The van der Waals surface area contributed by atoms with Crippen molar-refractivity contribution in [3.63, 3.8) is 0 Å². The van der Waals surface area contributed by atoms with Crippen molar-refractivity contribution in [2.45, 2.75) is 26.8 Å². The molecule has 2 rings (SSSR count). The Morgan fingerprint density at radius 1 is 1.07 bits per heavy atom. The predicted octanol–water partition coefficient (Wildman–Crippen LogP) is 0.137. The van der Waals surface area contributed by atoms with Crippen LogP contribution in [-0.2, 0) is 14.3 Å². The monoisotopic (exact) mass is 377 g/mol. The lowest BCUT2D eigenvalue weighted by atomic mass is 10.1. The third kappa shape index (κ3) is 7.19. The van der Waals surface area contributed by atoms with Crippen LogP contribution in [0.25, 0.3) is 0 Å². The number of quaternary nitrogens is 1. The zero-order chi connectivity index (χ0) is 19.8. The van der Waals surface area contributed by atoms with E-state index < -0.39 is 0 Å². The van der Waals surface area contributed by atoms with E-state index in [1.165, 1.54) is 0 Å². The van der Waals surface area contributed by atoms with Crippen molar-refractivity contribution in [2.75, 3.05) is 56.7 Å². The molecule has 1 aliphatic heterocycles. The lowest BCUT2D eigenvalue weighted by Gasteiger charge is -2.28. The number of carbonyl (C=O) groups excluding carboxylic acids is 2. The van der Waals surface area contributed by atoms with E-state index in [0.29, 0.717) is 5.92 Å². The highest BCUT2D eigenvalue weighted by atomic mass is 16.5. The minimum atomic E-state index is -0.101. The average Bonchev–Trinajstić information content (AvgIpc) is 2.62. The minimum absolute atomic E-state index is 0.0311. The van der Waals surface area contributed by atoms with E-state index in [1.807, 2.05) is 38.2 Å². The Balaban J connectivity index is 1.76. The second kappa shape index (κ2) is 10.3. The molecule has 7 nitrogen and oxygen atoms in total. The van der Waals surface area contributed by atoms with Gasteiger partial charge < -0.3 is 25.2 Å². The molecule has 1 heterocycles. The first-order valence-electron chi connectivity index (χ1n) is 9.68. The van der Waals surface area contributed by atoms with Gasteiger partial charge in [-0.25, -0.2) is 0 Å². The molecule has 0 radical (unpaired) electrons. The number of benzene rings is 1. The van der Waals surface area contributed by atoms with Gasteiger partial charge in [-0.05, 0) is 37.1 Å². The summed E-state index contributed by atoms with van der Waals surface area (Å²) in [4.78, 5) is 27.4. The first kappa shape index (κ1) is 21.2. The molecule has 2 amide bonds. The van der Waals surface area contributed by atoms with Crippen molar-refractivity contribution in [2.24, 2.45) is 5.92 Å². The number of likely N-dealkylation sites (N-methyl/N-ethyl adjacent to an activating group) is 1. The first-order chi connectivity index (χ1) is 12.8. The summed E-state index contributed by atoms with van der Waals surface area (Å²) >= 11 is 0. The van der Waals surface area contributed by atoms with Crippen LogP contribution in [0.1, 0.15) is 20.8 Å². The van der Waals surface area contributed by atoms with Gasteiger partial charge in [-0.1, -0.05) is 13.8 Å². The van der Waals surface area contributed by atoms with Gasteiger partial charge in [-0.2, -0.15) is 0 Å². The number of nitrogens with one attached hydrogen (secondary N) is 3. The van der Waals surface area contributed by atoms with Crippen LogP contribution in [0.15, 0.2) is 24.3 Å². The molecule has 150 valence electrons. The molecule has 2 atom stereocenters. The van der Waals surface area contributed by atoms with Gasteiger partial charge in [0.05, 0.1) is 20.3 Å². The lowest BCUT2D eigenvalue weighted by molar-refractivity contribution is -0.862. The highest BCUT2D eigenvalue weighted by Crippen LogP contribution is 2.18. The Bertz CT molecular complexity index is 612. The van der Waals surface area contributed by atoms with E-state index in [1.54, 1.807) is 0 Å². The fraction of sp³-hybridized carbons (Fsp3) is 0.600. The van der Waals surface area contributed by atoms with E-state index >= 15 is 0 Å². The summed E-state index contributed by atoms with van der Waals surface area (Å²) in [6, 6.07) is 7.98. The van der Waals surface area contributed by atoms with Crippen molar-refractivity contribution in [3.8, 4) is 0 Å². The molecule has 1 aromatic rings. The third-order valence-corrected chi connectivity index (χ3v) is 4.84. The van der Waals surface area contributed by atoms with E-state index in [4.69, 9.17) is 4.74 Å². The molecule has 7 heteroatoms. The van der Waals surface area contributed by atoms with Gasteiger partial charge in [0.15, 0.2) is 13.1 Å². The lowest BCUT2D eigenvalue weighted by Crippen LogP contribution is -3.11. The molecule has 3 N–H and O–H groups in total. The summed E-state index contributed by atoms with van der Waals surface area (Å²) in [5.41, 5.74) is 1.90. The molecule has 0 aliphatic carbocycles. The molecule has 0 bridgehead atoms. The largest absolute Gasteiger partial charge is 0.378 e. The molecule has 0 spiro atoms. The van der Waals surface area contributed by atoms with Gasteiger partial charge in [0.1, 0.15) is 0 Å². The van der Waals surface area contributed by atoms with Crippen molar-refractivity contribution >= 4 is 23.2 Å². The molecule has 1 aromatic carbocycles. The van der Waals surface area contributed by atoms with Crippen molar-refractivity contribution in [1.29, 1.82) is 0 Å². The van der Waals surface area contributed by atoms with Gasteiger partial charge in [-0.3, -0.25) is 9.59 Å². The summed E-state index contributed by atoms with van der Waals surface area (Å²) < 4.78 is 5.37. The summed E-state index contributed by atoms with van der Waals surface area (Å²) in [7, 11) is 1.85. The average molecular weight is 378 g/mol. The highest BCUT2D eigenvalue weighted by molar-refractivity contribution is 5.91. The summed E-state index contributed by atoms with van der Waals surface area (Å²) in [6.45, 7) is 9.92. The van der Waals surface area contributed by atoms with E-state index in [0.717, 1.165) is 42.6 Å². The zero-order valence-corrected chi connectivity index (χ0v) is 16.9. The summed E-state index contributed by atoms with van der Waals surface area (Å²) in [6.07, 6.45) is 0. The quantitative estimate of drug-likeness (QED) is 0.602. The Kier molecular flexibility index (Phi) is 8.06. The van der Waals surface area contributed by atoms with Crippen LogP contribution < -0.4 is 20.4 Å². The predicted molar refractivity (Wildman–Crippen MR) is 107 cm³/mol. The molecular formula is C20H33N4O3+. The molecular weight excluding hydrogens is 344 g/mol. The van der Waals surface area contributed by atoms with Crippen molar-refractivity contribution in [3.05, 3.63) is 24.3 Å². The van der Waals surface area contributed by atoms with Gasteiger partial charge in [0.2, 0.25) is 0 Å². The molecule has 1 saturated heterocycles. The fourth-order valence-electron chi connectivity index (χ4n) is 2.86. The van der Waals surface area contributed by atoms with Crippen LogP contribution in [-0.4, -0.2) is 64.3 Å². The standard InChI is InChI=1S/C20H32N4O3/c1-15(2)16(3)21-19(25)13-23(4)14-20(26)22-17-5-7-18(8-6-17)24-9-11-27-12-10-24/h5-8,15-16H,9-14H2,1-4H3,(H,21,25)(H,22,26)/p+1/t16-/m1/s1. The first-order valence-corrected chi connectivity index (χ1v) is 9.68. The maximum atomic E-state index is 12.2. The second-order valence-corrected chi connectivity index (χ2v) is 7.61. The topological polar surface area (TPSA) is 75.1 Å². The van der Waals surface area contributed by atoms with Crippen LogP contribution in [0.2, 0.25) is 0 Å². The van der Waals surface area contributed by atoms with Gasteiger partial charge >= 0.3 is 0 Å². The van der Waals surface area contributed by atoms with Crippen molar-refractivity contribution < 1.29 is 19.2 Å². The molecule has 1 aliphatic rings. The van der Waals surface area contributed by atoms with Crippen LogP contribution in [0.3, 0.4) is 0 Å². The fourth-order valence-corrected chi connectivity index (χ4v) is 2.86. The number of hydrogen-bond acceptors (Lipinski definition) is 4. The summed E-state index contributed by atoms with van der Waals surface area (Å²) in [5.74, 6) is 0.255. The molecule has 1 unspecified atom stereocenters. The maximum absolute atomic E-state index is 12.2. The number of hydrogen-bond donors (Lipinski definition) is 3. The third-order valence-electron chi connectivity index (χ3n) is 4.84. The molecule has 0 aromatic heterocycles. The number of morpholine rings is 1. The molecule has 0 saturated carbocycles. The molecule has 1 fully saturated rings. The van der Waals surface area contributed by atoms with Crippen LogP contribution in [0, 0.1) is 5.92 Å². The number of rotatable bonds is 8. The number of amides is 2. The van der Waals surface area contributed by atoms with E-state index in [2.05, 4.69) is 29.4 Å². The van der Waals surface area contributed by atoms with Crippen LogP contribution >= 0.6 is 0 Å². The SMILES string of the molecule is CC(C)[C@@H](C)NC(=O)C[NH+](C)CC(=O)Nc1ccc(N2CCOCC2)cc1. The van der Waals surface area contributed by atoms with E-state index in [-0.39, 0.29) is 30.9 Å². The number of ether oxygens (including phenoxy) is 1. The van der Waals surface area contributed by atoms with Gasteiger partial charge in [-0.15, -0.1) is 0 Å². The Morgan fingerprint density at radius 2 is 1.67 bits per heavy atom. The van der Waals surface area contributed by atoms with Gasteiger partial charge in [0, 0.05) is 30.5 Å². The molecule has 27 heavy (non-hydrogen) atoms. The Morgan fingerprint density at radius 3 is 2.26 bits per heavy atom. The van der Waals surface area contributed by atoms with Crippen LogP contribution in [0.4, 0.5) is 11.4 Å². The highest BCUT2D eigenvalue weighted by Gasteiger charge is 2.17. The maximum Gasteiger partial charge on any atom is 0.279 e. The van der Waals surface area contributed by atoms with Gasteiger partial charge in [0.25, 0.3) is 11.8 Å². The zero-order valence-electron chi connectivity index (χ0n) is 16.9.